The maximum Gasteiger partial charge on any atom is 0.126 e. The van der Waals surface area contributed by atoms with Crippen molar-refractivity contribution in [3.8, 4) is 0 Å². The summed E-state index contributed by atoms with van der Waals surface area (Å²) in [5.41, 5.74) is 1.98. The predicted octanol–water partition coefficient (Wildman–Crippen LogP) is 2.34. The summed E-state index contributed by atoms with van der Waals surface area (Å²) in [4.78, 5) is 0. The van der Waals surface area contributed by atoms with Crippen molar-refractivity contribution in [3.63, 3.8) is 0 Å². The Morgan fingerprint density at radius 3 is 2.62 bits per heavy atom. The van der Waals surface area contributed by atoms with Gasteiger partial charge in [0.2, 0.25) is 0 Å². The molecule has 0 bridgehead atoms. The van der Waals surface area contributed by atoms with E-state index in [1.165, 1.54) is 6.07 Å². The molecule has 0 aromatic heterocycles. The lowest BCUT2D eigenvalue weighted by molar-refractivity contribution is 0.562. The second-order valence-electron chi connectivity index (χ2n) is 3.74. The first-order chi connectivity index (χ1) is 6.19. The third kappa shape index (κ3) is 1.25. The second-order valence-corrected chi connectivity index (χ2v) is 3.74. The van der Waals surface area contributed by atoms with E-state index < -0.39 is 0 Å². The second kappa shape index (κ2) is 2.81. The molecular weight excluding hydrogens is 165 g/mol. The molecule has 0 heterocycles. The molecule has 0 amide bonds. The molecule has 1 aromatic rings. The maximum atomic E-state index is 13.2. The molecule has 0 spiro atoms. The fraction of sp³-hybridized carbons (Fsp3) is 0.455. The summed E-state index contributed by atoms with van der Waals surface area (Å²) in [6.07, 6.45) is 2.24. The van der Waals surface area contributed by atoms with Crippen molar-refractivity contribution in [2.75, 3.05) is 7.05 Å². The highest BCUT2D eigenvalue weighted by Gasteiger charge is 2.43. The van der Waals surface area contributed by atoms with Gasteiger partial charge < -0.3 is 5.32 Å². The van der Waals surface area contributed by atoms with Crippen LogP contribution < -0.4 is 5.32 Å². The normalized spacial score (nSPS) is 18.7. The third-order valence-corrected chi connectivity index (χ3v) is 3.01. The summed E-state index contributed by atoms with van der Waals surface area (Å²) in [5.74, 6) is -0.0981. The molecule has 1 nitrogen and oxygen atoms in total. The molecule has 0 aliphatic heterocycles. The molecule has 1 aliphatic carbocycles. The summed E-state index contributed by atoms with van der Waals surface area (Å²) >= 11 is 0. The van der Waals surface area contributed by atoms with E-state index in [0.717, 1.165) is 24.0 Å². The lowest BCUT2D eigenvalue weighted by Gasteiger charge is -2.17. The van der Waals surface area contributed by atoms with Crippen molar-refractivity contribution in [2.24, 2.45) is 0 Å². The number of hydrogen-bond donors (Lipinski definition) is 1. The van der Waals surface area contributed by atoms with Gasteiger partial charge in [0, 0.05) is 5.54 Å². The first-order valence-corrected chi connectivity index (χ1v) is 4.64. The molecule has 0 atom stereocenters. The molecule has 13 heavy (non-hydrogen) atoms. The summed E-state index contributed by atoms with van der Waals surface area (Å²) in [6.45, 7) is 1.85. The quantitative estimate of drug-likeness (QED) is 0.734. The van der Waals surface area contributed by atoms with Crippen molar-refractivity contribution in [3.05, 3.63) is 35.1 Å². The van der Waals surface area contributed by atoms with E-state index in [1.807, 2.05) is 20.0 Å². The highest BCUT2D eigenvalue weighted by molar-refractivity contribution is 5.37. The van der Waals surface area contributed by atoms with E-state index >= 15 is 0 Å². The average Bonchev–Trinajstić information content (AvgIpc) is 2.90. The largest absolute Gasteiger partial charge is 0.310 e. The van der Waals surface area contributed by atoms with Gasteiger partial charge in [-0.3, -0.25) is 0 Å². The SMILES string of the molecule is CNC1(c2cccc(F)c2C)CC1. The molecule has 0 saturated heterocycles. The fourth-order valence-corrected chi connectivity index (χ4v) is 1.90. The Morgan fingerprint density at radius 2 is 2.08 bits per heavy atom. The lowest BCUT2D eigenvalue weighted by atomic mass is 9.99. The van der Waals surface area contributed by atoms with Crippen molar-refractivity contribution < 1.29 is 4.39 Å². The van der Waals surface area contributed by atoms with Crippen LogP contribution in [0.15, 0.2) is 18.2 Å². The smallest absolute Gasteiger partial charge is 0.126 e. The van der Waals surface area contributed by atoms with Gasteiger partial charge in [0.25, 0.3) is 0 Å². The summed E-state index contributed by atoms with van der Waals surface area (Å²) in [7, 11) is 1.94. The van der Waals surface area contributed by atoms with Gasteiger partial charge in [-0.05, 0) is 44.0 Å². The van der Waals surface area contributed by atoms with E-state index in [2.05, 4.69) is 5.32 Å². The first-order valence-electron chi connectivity index (χ1n) is 4.64. The van der Waals surface area contributed by atoms with Gasteiger partial charge >= 0.3 is 0 Å². The number of nitrogens with one attached hydrogen (secondary N) is 1. The van der Waals surface area contributed by atoms with Crippen LogP contribution in [0.4, 0.5) is 4.39 Å². The number of halogens is 1. The fourth-order valence-electron chi connectivity index (χ4n) is 1.90. The zero-order chi connectivity index (χ0) is 9.47. The van der Waals surface area contributed by atoms with Crippen LogP contribution >= 0.6 is 0 Å². The van der Waals surface area contributed by atoms with Crippen molar-refractivity contribution in [1.82, 2.24) is 5.32 Å². The molecule has 1 aromatic carbocycles. The number of benzene rings is 1. The van der Waals surface area contributed by atoms with Gasteiger partial charge in [0.1, 0.15) is 5.82 Å². The average molecular weight is 179 g/mol. The summed E-state index contributed by atoms with van der Waals surface area (Å²) < 4.78 is 13.2. The van der Waals surface area contributed by atoms with Crippen LogP contribution in [-0.2, 0) is 5.54 Å². The van der Waals surface area contributed by atoms with Crippen LogP contribution in [0.3, 0.4) is 0 Å². The van der Waals surface area contributed by atoms with Gasteiger partial charge in [0.15, 0.2) is 0 Å². The zero-order valence-electron chi connectivity index (χ0n) is 8.02. The molecule has 1 saturated carbocycles. The zero-order valence-corrected chi connectivity index (χ0v) is 8.02. The lowest BCUT2D eigenvalue weighted by Crippen LogP contribution is -2.25. The number of rotatable bonds is 2. The molecule has 1 aliphatic rings. The summed E-state index contributed by atoms with van der Waals surface area (Å²) in [5, 5.41) is 3.27. The van der Waals surface area contributed by atoms with Crippen molar-refractivity contribution in [1.29, 1.82) is 0 Å². The Morgan fingerprint density at radius 1 is 1.38 bits per heavy atom. The first kappa shape index (κ1) is 8.70. The standard InChI is InChI=1S/C11H14FN/c1-8-9(4-3-5-10(8)12)11(13-2)6-7-11/h3-5,13H,6-7H2,1-2H3. The van der Waals surface area contributed by atoms with Crippen LogP contribution in [0.25, 0.3) is 0 Å². The van der Waals surface area contributed by atoms with E-state index in [4.69, 9.17) is 0 Å². The monoisotopic (exact) mass is 179 g/mol. The molecule has 2 rings (SSSR count). The minimum atomic E-state index is -0.0981. The van der Waals surface area contributed by atoms with Crippen LogP contribution in [0.1, 0.15) is 24.0 Å². The Bertz CT molecular complexity index is 329. The predicted molar refractivity (Wildman–Crippen MR) is 51.1 cm³/mol. The molecule has 2 heteroatoms. The van der Waals surface area contributed by atoms with Crippen molar-refractivity contribution in [2.45, 2.75) is 25.3 Å². The van der Waals surface area contributed by atoms with Crippen LogP contribution in [-0.4, -0.2) is 7.05 Å². The Labute approximate surface area is 78.0 Å². The molecule has 0 radical (unpaired) electrons. The van der Waals surface area contributed by atoms with Gasteiger partial charge in [0.05, 0.1) is 0 Å². The summed E-state index contributed by atoms with van der Waals surface area (Å²) in [6, 6.07) is 5.32. The Balaban J connectivity index is 2.46. The van der Waals surface area contributed by atoms with E-state index in [0.29, 0.717) is 0 Å². The minimum absolute atomic E-state index is 0.0756. The van der Waals surface area contributed by atoms with Crippen LogP contribution in [0, 0.1) is 12.7 Å². The maximum absolute atomic E-state index is 13.2. The molecule has 0 unspecified atom stereocenters. The highest BCUT2D eigenvalue weighted by Crippen LogP contribution is 2.46. The molecule has 1 N–H and O–H groups in total. The van der Waals surface area contributed by atoms with Gasteiger partial charge in [-0.1, -0.05) is 12.1 Å². The molecular formula is C11H14FN. The van der Waals surface area contributed by atoms with E-state index in [9.17, 15) is 4.39 Å². The Hall–Kier alpha value is -0.890. The van der Waals surface area contributed by atoms with Crippen molar-refractivity contribution >= 4 is 0 Å². The van der Waals surface area contributed by atoms with Gasteiger partial charge in [-0.25, -0.2) is 4.39 Å². The Kier molecular flexibility index (Phi) is 1.88. The number of hydrogen-bond acceptors (Lipinski definition) is 1. The van der Waals surface area contributed by atoms with Crippen LogP contribution in [0.5, 0.6) is 0 Å². The van der Waals surface area contributed by atoms with E-state index in [-0.39, 0.29) is 11.4 Å². The minimum Gasteiger partial charge on any atom is -0.310 e. The van der Waals surface area contributed by atoms with E-state index in [1.54, 1.807) is 6.07 Å². The van der Waals surface area contributed by atoms with Gasteiger partial charge in [-0.2, -0.15) is 0 Å². The molecule has 1 fully saturated rings. The van der Waals surface area contributed by atoms with Gasteiger partial charge in [-0.15, -0.1) is 0 Å². The third-order valence-electron chi connectivity index (χ3n) is 3.01. The topological polar surface area (TPSA) is 12.0 Å². The van der Waals surface area contributed by atoms with Crippen LogP contribution in [0.2, 0.25) is 0 Å². The molecule has 70 valence electrons. The highest BCUT2D eigenvalue weighted by atomic mass is 19.1.